The molecule has 3 rings (SSSR count). The van der Waals surface area contributed by atoms with E-state index in [0.717, 1.165) is 22.2 Å². The average molecular weight is 309 g/mol. The molecule has 0 aliphatic carbocycles. The monoisotopic (exact) mass is 309 g/mol. The summed E-state index contributed by atoms with van der Waals surface area (Å²) in [5.74, 6) is 0.721. The van der Waals surface area contributed by atoms with E-state index in [-0.39, 0.29) is 12.2 Å². The minimum Gasteiger partial charge on any atom is -0.489 e. The molecule has 1 heterocycles. The van der Waals surface area contributed by atoms with Crippen molar-refractivity contribution in [3.63, 3.8) is 0 Å². The molecule has 2 aromatic carbocycles. The smallest absolute Gasteiger partial charge is 0.418 e. The zero-order chi connectivity index (χ0) is 16.2. The Balaban J connectivity index is 1.81. The molecule has 0 bridgehead atoms. The maximum Gasteiger partial charge on any atom is 0.418 e. The van der Waals surface area contributed by atoms with Crippen molar-refractivity contribution in [2.24, 2.45) is 0 Å². The topological polar surface area (TPSA) is 40.5 Å². The Kier molecular flexibility index (Phi) is 4.33. The summed E-state index contributed by atoms with van der Waals surface area (Å²) in [6, 6.07) is 17.6. The molecule has 0 unspecified atom stereocenters. The molecular weight excluding hydrogens is 290 g/mol. The number of carbonyl (C=O) groups is 1. The van der Waals surface area contributed by atoms with E-state index >= 15 is 0 Å². The Morgan fingerprint density at radius 3 is 2.61 bits per heavy atom. The highest BCUT2D eigenvalue weighted by atomic mass is 16.6. The fourth-order valence-electron chi connectivity index (χ4n) is 2.36. The molecule has 0 fully saturated rings. The summed E-state index contributed by atoms with van der Waals surface area (Å²) < 4.78 is 12.6. The van der Waals surface area contributed by atoms with Crippen LogP contribution in [0.25, 0.3) is 10.9 Å². The van der Waals surface area contributed by atoms with E-state index in [1.54, 1.807) is 6.20 Å². The van der Waals surface area contributed by atoms with Crippen molar-refractivity contribution in [1.29, 1.82) is 0 Å². The van der Waals surface area contributed by atoms with Gasteiger partial charge in [-0.3, -0.25) is 4.57 Å². The van der Waals surface area contributed by atoms with Crippen LogP contribution in [0.1, 0.15) is 19.4 Å². The fraction of sp³-hybridized carbons (Fsp3) is 0.211. The third-order valence-electron chi connectivity index (χ3n) is 3.45. The lowest BCUT2D eigenvalue weighted by molar-refractivity contribution is 0.118. The third kappa shape index (κ3) is 3.54. The highest BCUT2D eigenvalue weighted by molar-refractivity contribution is 5.90. The summed E-state index contributed by atoms with van der Waals surface area (Å²) in [7, 11) is 0. The lowest BCUT2D eigenvalue weighted by Crippen LogP contribution is -2.17. The van der Waals surface area contributed by atoms with Crippen LogP contribution in [0.3, 0.4) is 0 Å². The molecular formula is C19H19NO3. The quantitative estimate of drug-likeness (QED) is 0.706. The van der Waals surface area contributed by atoms with E-state index in [4.69, 9.17) is 9.47 Å². The molecule has 0 aliphatic rings. The number of nitrogens with zero attached hydrogens (tertiary/aromatic N) is 1. The van der Waals surface area contributed by atoms with Crippen molar-refractivity contribution in [3.8, 4) is 5.75 Å². The van der Waals surface area contributed by atoms with E-state index < -0.39 is 0 Å². The van der Waals surface area contributed by atoms with E-state index in [1.165, 1.54) is 4.57 Å². The molecule has 0 radical (unpaired) electrons. The third-order valence-corrected chi connectivity index (χ3v) is 3.45. The van der Waals surface area contributed by atoms with Crippen LogP contribution in [0, 0.1) is 0 Å². The second-order valence-electron chi connectivity index (χ2n) is 5.61. The standard InChI is InChI=1S/C19H19NO3/c1-14(2)23-19(21)20-11-10-16-8-9-17(12-18(16)20)22-13-15-6-4-3-5-7-15/h3-12,14H,13H2,1-2H3. The van der Waals surface area contributed by atoms with Gasteiger partial charge in [0.05, 0.1) is 11.6 Å². The first kappa shape index (κ1) is 15.2. The van der Waals surface area contributed by atoms with Gasteiger partial charge in [-0.2, -0.15) is 0 Å². The predicted molar refractivity (Wildman–Crippen MR) is 89.7 cm³/mol. The highest BCUT2D eigenvalue weighted by Crippen LogP contribution is 2.23. The number of aromatic nitrogens is 1. The predicted octanol–water partition coefficient (Wildman–Crippen LogP) is 4.61. The van der Waals surface area contributed by atoms with Crippen LogP contribution < -0.4 is 4.74 Å². The molecule has 3 aromatic rings. The van der Waals surface area contributed by atoms with E-state index in [0.29, 0.717) is 6.61 Å². The zero-order valence-electron chi connectivity index (χ0n) is 13.2. The number of rotatable bonds is 4. The van der Waals surface area contributed by atoms with Gasteiger partial charge >= 0.3 is 6.09 Å². The van der Waals surface area contributed by atoms with Gasteiger partial charge in [0.2, 0.25) is 0 Å². The number of ether oxygens (including phenoxy) is 2. The lowest BCUT2D eigenvalue weighted by atomic mass is 10.2. The van der Waals surface area contributed by atoms with Crippen LogP contribution in [0.15, 0.2) is 60.8 Å². The SMILES string of the molecule is CC(C)OC(=O)n1ccc2ccc(OCc3ccccc3)cc21. The molecule has 23 heavy (non-hydrogen) atoms. The largest absolute Gasteiger partial charge is 0.489 e. The minimum absolute atomic E-state index is 0.155. The van der Waals surface area contributed by atoms with Gasteiger partial charge in [-0.15, -0.1) is 0 Å². The van der Waals surface area contributed by atoms with E-state index in [1.807, 2.05) is 68.4 Å². The fourth-order valence-corrected chi connectivity index (χ4v) is 2.36. The first-order chi connectivity index (χ1) is 11.1. The number of fused-ring (bicyclic) bond motifs is 1. The maximum absolute atomic E-state index is 12.1. The van der Waals surface area contributed by atoms with Crippen LogP contribution in [0.2, 0.25) is 0 Å². The van der Waals surface area contributed by atoms with Crippen LogP contribution >= 0.6 is 0 Å². The molecule has 0 saturated carbocycles. The van der Waals surface area contributed by atoms with Crippen molar-refractivity contribution in [2.45, 2.75) is 26.6 Å². The molecule has 0 saturated heterocycles. The molecule has 0 N–H and O–H groups in total. The molecule has 1 aromatic heterocycles. The number of hydrogen-bond donors (Lipinski definition) is 0. The molecule has 4 nitrogen and oxygen atoms in total. The average Bonchev–Trinajstić information content (AvgIpc) is 2.96. The van der Waals surface area contributed by atoms with Crippen LogP contribution in [0.5, 0.6) is 5.75 Å². The molecule has 0 aliphatic heterocycles. The molecule has 118 valence electrons. The Hall–Kier alpha value is -2.75. The van der Waals surface area contributed by atoms with Crippen LogP contribution in [-0.4, -0.2) is 16.8 Å². The second kappa shape index (κ2) is 6.57. The van der Waals surface area contributed by atoms with E-state index in [9.17, 15) is 4.79 Å². The Morgan fingerprint density at radius 2 is 1.87 bits per heavy atom. The van der Waals surface area contributed by atoms with Crippen molar-refractivity contribution in [1.82, 2.24) is 4.57 Å². The zero-order valence-corrected chi connectivity index (χ0v) is 13.2. The second-order valence-corrected chi connectivity index (χ2v) is 5.61. The normalized spacial score (nSPS) is 10.9. The van der Waals surface area contributed by atoms with E-state index in [2.05, 4.69) is 0 Å². The number of benzene rings is 2. The Bertz CT molecular complexity index is 806. The first-order valence-electron chi connectivity index (χ1n) is 7.62. The summed E-state index contributed by atoms with van der Waals surface area (Å²) in [4.78, 5) is 12.1. The van der Waals surface area contributed by atoms with Gasteiger partial charge in [0, 0.05) is 17.6 Å². The highest BCUT2D eigenvalue weighted by Gasteiger charge is 2.12. The Morgan fingerprint density at radius 1 is 1.09 bits per heavy atom. The van der Waals surface area contributed by atoms with Gasteiger partial charge in [-0.25, -0.2) is 4.79 Å². The van der Waals surface area contributed by atoms with Crippen molar-refractivity contribution < 1.29 is 14.3 Å². The minimum atomic E-state index is -0.379. The van der Waals surface area contributed by atoms with Crippen LogP contribution in [0.4, 0.5) is 4.79 Å². The number of hydrogen-bond acceptors (Lipinski definition) is 3. The van der Waals surface area contributed by atoms with Gasteiger partial charge in [-0.1, -0.05) is 30.3 Å². The van der Waals surface area contributed by atoms with Crippen molar-refractivity contribution in [3.05, 3.63) is 66.4 Å². The summed E-state index contributed by atoms with van der Waals surface area (Å²) >= 11 is 0. The summed E-state index contributed by atoms with van der Waals surface area (Å²) in [6.07, 6.45) is 1.18. The summed E-state index contributed by atoms with van der Waals surface area (Å²) in [5, 5.41) is 0.970. The van der Waals surface area contributed by atoms with Crippen LogP contribution in [-0.2, 0) is 11.3 Å². The summed E-state index contributed by atoms with van der Waals surface area (Å²) in [5.41, 5.74) is 1.88. The molecule has 0 amide bonds. The summed E-state index contributed by atoms with van der Waals surface area (Å²) in [6.45, 7) is 4.15. The molecule has 0 spiro atoms. The number of carbonyl (C=O) groups excluding carboxylic acids is 1. The van der Waals surface area contributed by atoms with Gasteiger partial charge < -0.3 is 9.47 Å². The first-order valence-corrected chi connectivity index (χ1v) is 7.62. The molecule has 4 heteroatoms. The van der Waals surface area contributed by atoms with Crippen molar-refractivity contribution in [2.75, 3.05) is 0 Å². The van der Waals surface area contributed by atoms with Gasteiger partial charge in [-0.05, 0) is 37.6 Å². The van der Waals surface area contributed by atoms with Gasteiger partial charge in [0.1, 0.15) is 12.4 Å². The lowest BCUT2D eigenvalue weighted by Gasteiger charge is -2.10. The molecule has 0 atom stereocenters. The van der Waals surface area contributed by atoms with Gasteiger partial charge in [0.25, 0.3) is 0 Å². The van der Waals surface area contributed by atoms with Gasteiger partial charge in [0.15, 0.2) is 0 Å². The maximum atomic E-state index is 12.1. The van der Waals surface area contributed by atoms with Crippen molar-refractivity contribution >= 4 is 17.0 Å². The Labute approximate surface area is 135 Å².